The van der Waals surface area contributed by atoms with Crippen molar-refractivity contribution in [2.24, 2.45) is 0 Å². The van der Waals surface area contributed by atoms with E-state index in [0.29, 0.717) is 0 Å². The third kappa shape index (κ3) is 3.27. The molecule has 1 rings (SSSR count). The Hall–Kier alpha value is 0.170. The summed E-state index contributed by atoms with van der Waals surface area (Å²) in [7, 11) is 4.93. The van der Waals surface area contributed by atoms with Gasteiger partial charge in [-0.3, -0.25) is 4.79 Å². The molecule has 1 saturated heterocycles. The van der Waals surface area contributed by atoms with Crippen LogP contribution in [0.25, 0.3) is 0 Å². The molecule has 0 amide bonds. The molecule has 1 fully saturated rings. The van der Waals surface area contributed by atoms with Crippen LogP contribution in [-0.2, 0) is 9.53 Å². The smallest absolute Gasteiger partial charge is 0.319 e. The largest absolute Gasteiger partial charge is 0.468 e. The molecular formula is C8H14O2S2. The quantitative estimate of drug-likeness (QED) is 0.486. The van der Waals surface area contributed by atoms with Crippen LogP contribution in [0.4, 0.5) is 0 Å². The highest BCUT2D eigenvalue weighted by Gasteiger charge is 2.20. The number of ether oxygens (including phenoxy) is 1. The van der Waals surface area contributed by atoms with E-state index in [2.05, 4.69) is 0 Å². The summed E-state index contributed by atoms with van der Waals surface area (Å²) in [5.74, 6) is 1.10. The molecule has 2 nitrogen and oxygen atoms in total. The Kier molecular flexibility index (Phi) is 4.92. The van der Waals surface area contributed by atoms with Gasteiger partial charge in [0.2, 0.25) is 0 Å². The number of rotatable bonds is 1. The maximum atomic E-state index is 11.2. The average Bonchev–Trinajstić information content (AvgIpc) is 2.02. The van der Waals surface area contributed by atoms with Gasteiger partial charge in [0.05, 0.1) is 7.11 Å². The van der Waals surface area contributed by atoms with E-state index in [1.54, 1.807) is 21.6 Å². The molecule has 1 unspecified atom stereocenters. The molecule has 0 aromatic carbocycles. The fourth-order valence-electron chi connectivity index (χ4n) is 1.13. The zero-order chi connectivity index (χ0) is 8.81. The summed E-state index contributed by atoms with van der Waals surface area (Å²) in [5.41, 5.74) is 0. The molecule has 4 heteroatoms. The van der Waals surface area contributed by atoms with Crippen molar-refractivity contribution in [3.8, 4) is 0 Å². The number of carbonyl (C=O) groups is 1. The molecule has 12 heavy (non-hydrogen) atoms. The topological polar surface area (TPSA) is 26.3 Å². The first-order valence-electron chi connectivity index (χ1n) is 4.20. The maximum absolute atomic E-state index is 11.2. The van der Waals surface area contributed by atoms with Gasteiger partial charge >= 0.3 is 5.97 Å². The minimum atomic E-state index is -0.0607. The van der Waals surface area contributed by atoms with Gasteiger partial charge in [0.25, 0.3) is 0 Å². The summed E-state index contributed by atoms with van der Waals surface area (Å²) in [6, 6.07) is 0. The lowest BCUT2D eigenvalue weighted by Gasteiger charge is -2.15. The number of hydrogen-bond acceptors (Lipinski definition) is 4. The highest BCUT2D eigenvalue weighted by atomic mass is 33.1. The van der Waals surface area contributed by atoms with Gasteiger partial charge in [0.15, 0.2) is 0 Å². The Morgan fingerprint density at radius 3 is 3.00 bits per heavy atom. The van der Waals surface area contributed by atoms with Crippen molar-refractivity contribution in [3.63, 3.8) is 0 Å². The second-order valence-electron chi connectivity index (χ2n) is 2.78. The van der Waals surface area contributed by atoms with Gasteiger partial charge in [-0.1, -0.05) is 34.4 Å². The van der Waals surface area contributed by atoms with Gasteiger partial charge in [0, 0.05) is 5.75 Å². The zero-order valence-corrected chi connectivity index (χ0v) is 8.88. The Bertz CT molecular complexity index is 142. The molecule has 0 saturated carbocycles. The highest BCUT2D eigenvalue weighted by molar-refractivity contribution is 8.77. The Balaban J connectivity index is 2.34. The van der Waals surface area contributed by atoms with Crippen LogP contribution >= 0.6 is 21.6 Å². The first-order valence-corrected chi connectivity index (χ1v) is 6.59. The maximum Gasteiger partial charge on any atom is 0.319 e. The summed E-state index contributed by atoms with van der Waals surface area (Å²) in [4.78, 5) is 11.2. The molecular weight excluding hydrogens is 192 g/mol. The monoisotopic (exact) mass is 206 g/mol. The number of hydrogen-bond donors (Lipinski definition) is 0. The fraction of sp³-hybridized carbons (Fsp3) is 0.875. The predicted octanol–water partition coefficient (Wildman–Crippen LogP) is 2.48. The van der Waals surface area contributed by atoms with Crippen LogP contribution in [0.1, 0.15) is 25.7 Å². The highest BCUT2D eigenvalue weighted by Crippen LogP contribution is 2.33. The van der Waals surface area contributed by atoms with Gasteiger partial charge < -0.3 is 4.74 Å². The van der Waals surface area contributed by atoms with Crippen molar-refractivity contribution in [1.29, 1.82) is 0 Å². The number of carbonyl (C=O) groups excluding carboxylic acids is 1. The molecule has 0 aromatic heterocycles. The predicted molar refractivity (Wildman–Crippen MR) is 54.3 cm³/mol. The standard InChI is InChI=1S/C8H14O2S2/c1-10-8(9)7-5-3-2-4-6-11-12-7/h7H,2-6H2,1H3. The SMILES string of the molecule is COC(=O)C1CCCCCSS1. The van der Waals surface area contributed by atoms with Gasteiger partial charge in [-0.25, -0.2) is 0 Å². The van der Waals surface area contributed by atoms with E-state index in [1.807, 2.05) is 0 Å². The second-order valence-corrected chi connectivity index (χ2v) is 5.47. The summed E-state index contributed by atoms with van der Waals surface area (Å²) >= 11 is 0. The molecule has 0 bridgehead atoms. The van der Waals surface area contributed by atoms with E-state index >= 15 is 0 Å². The Morgan fingerprint density at radius 2 is 2.25 bits per heavy atom. The molecule has 0 radical (unpaired) electrons. The first kappa shape index (κ1) is 10.3. The zero-order valence-electron chi connectivity index (χ0n) is 7.25. The van der Waals surface area contributed by atoms with Crippen molar-refractivity contribution in [3.05, 3.63) is 0 Å². The van der Waals surface area contributed by atoms with Crippen molar-refractivity contribution in [1.82, 2.24) is 0 Å². The van der Waals surface area contributed by atoms with Crippen molar-refractivity contribution >= 4 is 27.6 Å². The van der Waals surface area contributed by atoms with E-state index in [0.717, 1.165) is 18.6 Å². The minimum Gasteiger partial charge on any atom is -0.468 e. The van der Waals surface area contributed by atoms with Gasteiger partial charge in [-0.15, -0.1) is 0 Å². The third-order valence-electron chi connectivity index (χ3n) is 1.84. The van der Waals surface area contributed by atoms with E-state index in [4.69, 9.17) is 4.74 Å². The minimum absolute atomic E-state index is 0.0607. The van der Waals surface area contributed by atoms with E-state index < -0.39 is 0 Å². The lowest BCUT2D eigenvalue weighted by atomic mass is 10.1. The normalized spacial score (nSPS) is 25.6. The molecule has 0 N–H and O–H groups in total. The molecule has 1 heterocycles. The molecule has 70 valence electrons. The lowest BCUT2D eigenvalue weighted by molar-refractivity contribution is -0.140. The van der Waals surface area contributed by atoms with Crippen molar-refractivity contribution < 1.29 is 9.53 Å². The summed E-state index contributed by atoms with van der Waals surface area (Å²) < 4.78 is 4.71. The molecule has 1 aliphatic rings. The Morgan fingerprint density at radius 1 is 1.42 bits per heavy atom. The van der Waals surface area contributed by atoms with E-state index in [1.165, 1.54) is 20.0 Å². The van der Waals surface area contributed by atoms with Crippen LogP contribution in [0.2, 0.25) is 0 Å². The number of methoxy groups -OCH3 is 1. The van der Waals surface area contributed by atoms with E-state index in [9.17, 15) is 4.79 Å². The first-order chi connectivity index (χ1) is 5.84. The second kappa shape index (κ2) is 5.75. The Labute approximate surface area is 81.2 Å². The van der Waals surface area contributed by atoms with Gasteiger partial charge in [-0.2, -0.15) is 0 Å². The van der Waals surface area contributed by atoms with Crippen LogP contribution in [0.5, 0.6) is 0 Å². The van der Waals surface area contributed by atoms with Crippen LogP contribution < -0.4 is 0 Å². The molecule has 1 aliphatic heterocycles. The molecule has 0 spiro atoms. The fourth-order valence-corrected chi connectivity index (χ4v) is 3.81. The van der Waals surface area contributed by atoms with Crippen LogP contribution in [0.15, 0.2) is 0 Å². The lowest BCUT2D eigenvalue weighted by Crippen LogP contribution is -2.18. The third-order valence-corrected chi connectivity index (χ3v) is 4.70. The molecule has 0 aromatic rings. The van der Waals surface area contributed by atoms with Gasteiger partial charge in [-0.05, 0) is 12.8 Å². The number of esters is 1. The van der Waals surface area contributed by atoms with Crippen LogP contribution in [-0.4, -0.2) is 24.1 Å². The summed E-state index contributed by atoms with van der Waals surface area (Å²) in [6.45, 7) is 0. The summed E-state index contributed by atoms with van der Waals surface area (Å²) in [5, 5.41) is 0.0697. The van der Waals surface area contributed by atoms with E-state index in [-0.39, 0.29) is 11.2 Å². The molecule has 1 atom stereocenters. The van der Waals surface area contributed by atoms with Crippen LogP contribution in [0, 0.1) is 0 Å². The average molecular weight is 206 g/mol. The summed E-state index contributed by atoms with van der Waals surface area (Å²) in [6.07, 6.45) is 4.67. The van der Waals surface area contributed by atoms with Crippen molar-refractivity contribution in [2.45, 2.75) is 30.9 Å². The van der Waals surface area contributed by atoms with Crippen LogP contribution in [0.3, 0.4) is 0 Å². The van der Waals surface area contributed by atoms with Gasteiger partial charge in [0.1, 0.15) is 5.25 Å². The van der Waals surface area contributed by atoms with Crippen molar-refractivity contribution in [2.75, 3.05) is 12.9 Å². The molecule has 0 aliphatic carbocycles.